The molecule has 0 amide bonds. The summed E-state index contributed by atoms with van der Waals surface area (Å²) in [6, 6.07) is 31.1. The van der Waals surface area contributed by atoms with Crippen molar-refractivity contribution < 1.29 is 5.11 Å². The van der Waals surface area contributed by atoms with Crippen LogP contribution in [0.15, 0.2) is 95.5 Å². The minimum Gasteiger partial charge on any atom is -0.388 e. The summed E-state index contributed by atoms with van der Waals surface area (Å²) in [7, 11) is 0. The molecule has 2 nitrogen and oxygen atoms in total. The Kier molecular flexibility index (Phi) is 5.98. The van der Waals surface area contributed by atoms with E-state index in [2.05, 4.69) is 88.8 Å². The first-order valence-electron chi connectivity index (χ1n) is 9.84. The highest BCUT2D eigenvalue weighted by Gasteiger charge is 2.18. The SMILES string of the molecule is Cc1ccc(NC(CC(O)c2ccc3ccccc3c2)c2ccc(Br)cc2)cc1. The standard InChI is InChI=1S/C26H24BrNO/c1-18-6-14-24(15-7-18)28-25(20-10-12-23(27)13-11-20)17-26(29)22-9-8-19-4-2-3-5-21(19)16-22/h2-16,25-26,28-29H,17H2,1H3. The molecule has 0 radical (unpaired) electrons. The van der Waals surface area contributed by atoms with E-state index in [4.69, 9.17) is 0 Å². The molecule has 2 N–H and O–H groups in total. The maximum atomic E-state index is 11.0. The molecular formula is C26H24BrNO. The summed E-state index contributed by atoms with van der Waals surface area (Å²) < 4.78 is 1.05. The van der Waals surface area contributed by atoms with Gasteiger partial charge in [0.1, 0.15) is 0 Å². The van der Waals surface area contributed by atoms with E-state index < -0.39 is 6.10 Å². The van der Waals surface area contributed by atoms with Crippen LogP contribution in [0.4, 0.5) is 5.69 Å². The second-order valence-electron chi connectivity index (χ2n) is 7.47. The number of fused-ring (bicyclic) bond motifs is 1. The lowest BCUT2D eigenvalue weighted by Gasteiger charge is -2.24. The molecule has 0 aliphatic rings. The molecule has 29 heavy (non-hydrogen) atoms. The van der Waals surface area contributed by atoms with E-state index >= 15 is 0 Å². The largest absolute Gasteiger partial charge is 0.388 e. The zero-order valence-electron chi connectivity index (χ0n) is 16.3. The molecule has 4 aromatic rings. The molecule has 0 aliphatic heterocycles. The average Bonchev–Trinajstić information content (AvgIpc) is 2.75. The van der Waals surface area contributed by atoms with E-state index in [9.17, 15) is 5.11 Å². The van der Waals surface area contributed by atoms with Crippen LogP contribution in [0.2, 0.25) is 0 Å². The highest BCUT2D eigenvalue weighted by atomic mass is 79.9. The van der Waals surface area contributed by atoms with E-state index in [0.717, 1.165) is 26.7 Å². The van der Waals surface area contributed by atoms with Gasteiger partial charge in [-0.1, -0.05) is 82.2 Å². The maximum Gasteiger partial charge on any atom is 0.0813 e. The van der Waals surface area contributed by atoms with Gasteiger partial charge in [-0.15, -0.1) is 0 Å². The number of aryl methyl sites for hydroxylation is 1. The van der Waals surface area contributed by atoms with Crippen molar-refractivity contribution in [2.24, 2.45) is 0 Å². The molecular weight excluding hydrogens is 422 g/mol. The second kappa shape index (κ2) is 8.81. The van der Waals surface area contributed by atoms with E-state index in [1.54, 1.807) is 0 Å². The molecule has 0 bridgehead atoms. The summed E-state index contributed by atoms with van der Waals surface area (Å²) in [6.07, 6.45) is 0.0135. The molecule has 0 fully saturated rings. The topological polar surface area (TPSA) is 32.3 Å². The Bertz CT molecular complexity index is 1090. The number of hydrogen-bond acceptors (Lipinski definition) is 2. The molecule has 0 aromatic heterocycles. The summed E-state index contributed by atoms with van der Waals surface area (Å²) >= 11 is 3.51. The normalized spacial score (nSPS) is 13.2. The molecule has 0 saturated carbocycles. The van der Waals surface area contributed by atoms with Crippen molar-refractivity contribution >= 4 is 32.4 Å². The Labute approximate surface area is 180 Å². The zero-order valence-corrected chi connectivity index (χ0v) is 17.9. The maximum absolute atomic E-state index is 11.0. The Hall–Kier alpha value is -2.62. The minimum absolute atomic E-state index is 0.00715. The highest BCUT2D eigenvalue weighted by molar-refractivity contribution is 9.10. The minimum atomic E-state index is -0.564. The third kappa shape index (κ3) is 4.87. The summed E-state index contributed by atoms with van der Waals surface area (Å²) in [5, 5.41) is 17.0. The smallest absolute Gasteiger partial charge is 0.0813 e. The number of hydrogen-bond donors (Lipinski definition) is 2. The van der Waals surface area contributed by atoms with Crippen molar-refractivity contribution in [1.82, 2.24) is 0 Å². The number of anilines is 1. The van der Waals surface area contributed by atoms with Crippen LogP contribution < -0.4 is 5.32 Å². The van der Waals surface area contributed by atoms with Crippen LogP contribution in [-0.4, -0.2) is 5.11 Å². The molecule has 0 heterocycles. The Morgan fingerprint density at radius 2 is 1.45 bits per heavy atom. The summed E-state index contributed by atoms with van der Waals surface area (Å²) in [6.45, 7) is 2.08. The fourth-order valence-corrected chi connectivity index (χ4v) is 3.86. The Morgan fingerprint density at radius 3 is 2.17 bits per heavy atom. The quantitative estimate of drug-likeness (QED) is 0.329. The lowest BCUT2D eigenvalue weighted by atomic mass is 9.95. The first-order chi connectivity index (χ1) is 14.1. The monoisotopic (exact) mass is 445 g/mol. The summed E-state index contributed by atoms with van der Waals surface area (Å²) in [4.78, 5) is 0. The third-order valence-electron chi connectivity index (χ3n) is 5.28. The lowest BCUT2D eigenvalue weighted by Crippen LogP contribution is -2.15. The Balaban J connectivity index is 1.60. The number of benzene rings is 4. The van der Waals surface area contributed by atoms with Crippen molar-refractivity contribution in [2.45, 2.75) is 25.5 Å². The van der Waals surface area contributed by atoms with Gasteiger partial charge in [-0.2, -0.15) is 0 Å². The first-order valence-corrected chi connectivity index (χ1v) is 10.6. The molecule has 146 valence electrons. The third-order valence-corrected chi connectivity index (χ3v) is 5.81. The van der Waals surface area contributed by atoms with Crippen molar-refractivity contribution in [3.63, 3.8) is 0 Å². The molecule has 0 aliphatic carbocycles. The molecule has 0 spiro atoms. The molecule has 4 rings (SSSR count). The second-order valence-corrected chi connectivity index (χ2v) is 8.39. The van der Waals surface area contributed by atoms with Crippen LogP contribution in [0.5, 0.6) is 0 Å². The predicted octanol–water partition coefficient (Wildman–Crippen LogP) is 7.19. The zero-order chi connectivity index (χ0) is 20.2. The van der Waals surface area contributed by atoms with Crippen LogP contribution in [0.25, 0.3) is 10.8 Å². The molecule has 4 aromatic carbocycles. The average molecular weight is 446 g/mol. The van der Waals surface area contributed by atoms with Crippen molar-refractivity contribution in [1.29, 1.82) is 0 Å². The first kappa shape index (κ1) is 19.7. The number of nitrogens with one attached hydrogen (secondary N) is 1. The van der Waals surface area contributed by atoms with Gasteiger partial charge in [0, 0.05) is 16.6 Å². The van der Waals surface area contributed by atoms with Gasteiger partial charge in [0.2, 0.25) is 0 Å². The van der Waals surface area contributed by atoms with Crippen LogP contribution in [0, 0.1) is 6.92 Å². The fraction of sp³-hybridized carbons (Fsp3) is 0.154. The number of halogens is 1. The summed E-state index contributed by atoms with van der Waals surface area (Å²) in [5.41, 5.74) is 4.37. The number of rotatable bonds is 6. The van der Waals surface area contributed by atoms with Crippen molar-refractivity contribution in [2.75, 3.05) is 5.32 Å². The van der Waals surface area contributed by atoms with E-state index in [-0.39, 0.29) is 6.04 Å². The predicted molar refractivity (Wildman–Crippen MR) is 125 cm³/mol. The molecule has 3 heteroatoms. The molecule has 0 saturated heterocycles. The van der Waals surface area contributed by atoms with Gasteiger partial charge in [-0.25, -0.2) is 0 Å². The van der Waals surface area contributed by atoms with Gasteiger partial charge in [-0.05, 0) is 59.2 Å². The molecule has 2 atom stereocenters. The van der Waals surface area contributed by atoms with Crippen molar-refractivity contribution in [3.8, 4) is 0 Å². The van der Waals surface area contributed by atoms with E-state index in [1.807, 2.05) is 30.3 Å². The van der Waals surface area contributed by atoms with Gasteiger partial charge < -0.3 is 10.4 Å². The van der Waals surface area contributed by atoms with Crippen LogP contribution >= 0.6 is 15.9 Å². The lowest BCUT2D eigenvalue weighted by molar-refractivity contribution is 0.161. The van der Waals surface area contributed by atoms with Gasteiger partial charge >= 0.3 is 0 Å². The fourth-order valence-electron chi connectivity index (χ4n) is 3.60. The highest BCUT2D eigenvalue weighted by Crippen LogP contribution is 2.31. The summed E-state index contributed by atoms with van der Waals surface area (Å²) in [5.74, 6) is 0. The van der Waals surface area contributed by atoms with E-state index in [1.165, 1.54) is 10.9 Å². The van der Waals surface area contributed by atoms with E-state index in [0.29, 0.717) is 6.42 Å². The van der Waals surface area contributed by atoms with Gasteiger partial charge in [0.05, 0.1) is 12.1 Å². The van der Waals surface area contributed by atoms with Crippen LogP contribution in [0.3, 0.4) is 0 Å². The van der Waals surface area contributed by atoms with Crippen molar-refractivity contribution in [3.05, 3.63) is 112 Å². The van der Waals surface area contributed by atoms with Gasteiger partial charge in [-0.3, -0.25) is 0 Å². The number of aliphatic hydroxyl groups excluding tert-OH is 1. The van der Waals surface area contributed by atoms with Crippen LogP contribution in [-0.2, 0) is 0 Å². The van der Waals surface area contributed by atoms with Gasteiger partial charge in [0.25, 0.3) is 0 Å². The van der Waals surface area contributed by atoms with Crippen LogP contribution in [0.1, 0.15) is 35.3 Å². The van der Waals surface area contributed by atoms with Gasteiger partial charge in [0.15, 0.2) is 0 Å². The Morgan fingerprint density at radius 1 is 0.793 bits per heavy atom. The number of aliphatic hydroxyl groups is 1. The molecule has 2 unspecified atom stereocenters.